The Morgan fingerprint density at radius 3 is 2.67 bits per heavy atom. The molecule has 1 aromatic carbocycles. The molecule has 0 radical (unpaired) electrons. The van der Waals surface area contributed by atoms with Gasteiger partial charge in [0.15, 0.2) is 0 Å². The second-order valence-corrected chi connectivity index (χ2v) is 3.47. The minimum Gasteiger partial charge on any atom is -0.506 e. The van der Waals surface area contributed by atoms with Crippen LogP contribution < -0.4 is 0 Å². The van der Waals surface area contributed by atoms with Gasteiger partial charge >= 0.3 is 0 Å². The van der Waals surface area contributed by atoms with Crippen molar-refractivity contribution in [1.29, 1.82) is 0 Å². The van der Waals surface area contributed by atoms with Crippen molar-refractivity contribution in [3.63, 3.8) is 0 Å². The molecule has 0 aliphatic heterocycles. The number of halogens is 1. The average Bonchev–Trinajstić information content (AvgIpc) is 2.19. The number of nitro benzene ring substituents is 1. The van der Waals surface area contributed by atoms with E-state index >= 15 is 0 Å². The van der Waals surface area contributed by atoms with Crippen LogP contribution in [-0.4, -0.2) is 16.3 Å². The number of aromatic hydroxyl groups is 1. The number of phenols is 1. The van der Waals surface area contributed by atoms with E-state index < -0.39 is 4.92 Å². The van der Waals surface area contributed by atoms with E-state index in [0.717, 1.165) is 6.08 Å². The number of nitro groups is 1. The Hall–Kier alpha value is -1.69. The van der Waals surface area contributed by atoms with Crippen molar-refractivity contribution < 1.29 is 14.8 Å². The van der Waals surface area contributed by atoms with Crippen LogP contribution >= 0.6 is 15.9 Å². The molecule has 1 rings (SSSR count). The van der Waals surface area contributed by atoms with Crippen LogP contribution in [0.25, 0.3) is 6.08 Å². The van der Waals surface area contributed by atoms with Gasteiger partial charge in [-0.3, -0.25) is 14.9 Å². The Labute approximate surface area is 93.3 Å². The average molecular weight is 272 g/mol. The molecule has 0 aromatic heterocycles. The number of phenolic OH excluding ortho intramolecular Hbond substituents is 1. The monoisotopic (exact) mass is 271 g/mol. The molecular formula is C9H6BrNO4. The van der Waals surface area contributed by atoms with E-state index in [-0.39, 0.29) is 21.5 Å². The lowest BCUT2D eigenvalue weighted by Gasteiger charge is -2.01. The molecule has 15 heavy (non-hydrogen) atoms. The number of rotatable bonds is 3. The van der Waals surface area contributed by atoms with Crippen LogP contribution in [0.4, 0.5) is 5.69 Å². The third-order valence-corrected chi connectivity index (χ3v) is 2.25. The first kappa shape index (κ1) is 11.4. The summed E-state index contributed by atoms with van der Waals surface area (Å²) in [6.45, 7) is 0. The molecule has 0 heterocycles. The van der Waals surface area contributed by atoms with E-state index in [4.69, 9.17) is 0 Å². The fraction of sp³-hybridized carbons (Fsp3) is 0. The summed E-state index contributed by atoms with van der Waals surface area (Å²) in [5.74, 6) is -0.140. The van der Waals surface area contributed by atoms with Gasteiger partial charge in [-0.05, 0) is 28.1 Å². The van der Waals surface area contributed by atoms with Gasteiger partial charge in [0.2, 0.25) is 0 Å². The quantitative estimate of drug-likeness (QED) is 0.396. The zero-order chi connectivity index (χ0) is 11.4. The van der Waals surface area contributed by atoms with Gasteiger partial charge in [0.1, 0.15) is 12.0 Å². The molecule has 0 unspecified atom stereocenters. The van der Waals surface area contributed by atoms with Crippen LogP contribution in [0.5, 0.6) is 5.75 Å². The predicted molar refractivity (Wildman–Crippen MR) is 57.6 cm³/mol. The fourth-order valence-corrected chi connectivity index (χ4v) is 1.44. The van der Waals surface area contributed by atoms with Crippen LogP contribution in [0.1, 0.15) is 5.56 Å². The maximum atomic E-state index is 10.5. The van der Waals surface area contributed by atoms with E-state index in [2.05, 4.69) is 15.9 Å². The van der Waals surface area contributed by atoms with Crippen molar-refractivity contribution in [1.82, 2.24) is 0 Å². The molecule has 1 N–H and O–H groups in total. The van der Waals surface area contributed by atoms with E-state index in [0.29, 0.717) is 6.29 Å². The van der Waals surface area contributed by atoms with Crippen molar-refractivity contribution in [2.45, 2.75) is 0 Å². The molecule has 1 aromatic rings. The van der Waals surface area contributed by atoms with Crippen molar-refractivity contribution in [2.75, 3.05) is 0 Å². The normalized spacial score (nSPS) is 10.5. The molecule has 0 aliphatic carbocycles. The number of aldehydes is 1. The Balaban J connectivity index is 3.30. The Kier molecular flexibility index (Phi) is 3.56. The molecule has 0 saturated heterocycles. The number of benzene rings is 1. The van der Waals surface area contributed by atoms with Gasteiger partial charge in [0, 0.05) is 17.7 Å². The summed E-state index contributed by atoms with van der Waals surface area (Å²) < 4.78 is 0.210. The number of nitrogens with zero attached hydrogens (tertiary/aromatic N) is 1. The van der Waals surface area contributed by atoms with E-state index in [9.17, 15) is 20.0 Å². The molecular weight excluding hydrogens is 266 g/mol. The molecule has 0 atom stereocenters. The molecule has 0 spiro atoms. The highest BCUT2D eigenvalue weighted by molar-refractivity contribution is 9.10. The molecule has 0 amide bonds. The number of carbonyl (C=O) groups is 1. The maximum absolute atomic E-state index is 10.5. The first-order chi connectivity index (χ1) is 7.06. The minimum atomic E-state index is -0.581. The van der Waals surface area contributed by atoms with Gasteiger partial charge in [0.05, 0.1) is 9.40 Å². The van der Waals surface area contributed by atoms with Crippen LogP contribution in [0.3, 0.4) is 0 Å². The number of non-ortho nitro benzene ring substituents is 1. The summed E-state index contributed by atoms with van der Waals surface area (Å²) in [5.41, 5.74) is 0.0494. The first-order valence-corrected chi connectivity index (χ1v) is 4.64. The Morgan fingerprint density at radius 2 is 2.13 bits per heavy atom. The first-order valence-electron chi connectivity index (χ1n) is 3.85. The topological polar surface area (TPSA) is 80.4 Å². The van der Waals surface area contributed by atoms with E-state index in [1.807, 2.05) is 0 Å². The minimum absolute atomic E-state index is 0.140. The van der Waals surface area contributed by atoms with Crippen LogP contribution in [-0.2, 0) is 4.79 Å². The maximum Gasteiger partial charge on any atom is 0.271 e. The smallest absolute Gasteiger partial charge is 0.271 e. The summed E-state index contributed by atoms with van der Waals surface area (Å²) >= 11 is 2.98. The van der Waals surface area contributed by atoms with Crippen molar-refractivity contribution in [3.05, 3.63) is 38.4 Å². The Morgan fingerprint density at radius 1 is 1.47 bits per heavy atom. The number of carbonyl (C=O) groups excluding carboxylic acids is 1. The highest BCUT2D eigenvalue weighted by atomic mass is 79.9. The lowest BCUT2D eigenvalue weighted by Crippen LogP contribution is -1.89. The van der Waals surface area contributed by atoms with Crippen molar-refractivity contribution in [3.8, 4) is 5.75 Å². The molecule has 78 valence electrons. The second kappa shape index (κ2) is 4.70. The molecule has 0 bridgehead atoms. The molecule has 0 aliphatic rings. The highest BCUT2D eigenvalue weighted by Crippen LogP contribution is 2.33. The van der Waals surface area contributed by atoms with Gasteiger partial charge in [-0.25, -0.2) is 0 Å². The standard InChI is InChI=1S/C9H6BrNO4/c10-8-5-7(11(14)15)4-6(9(8)13)2-1-3-12/h1-5,13H/b2-1+. The van der Waals surface area contributed by atoms with Crippen LogP contribution in [0.15, 0.2) is 22.7 Å². The molecule has 0 saturated carbocycles. The van der Waals surface area contributed by atoms with Gasteiger partial charge in [-0.15, -0.1) is 0 Å². The van der Waals surface area contributed by atoms with Crippen LogP contribution in [0.2, 0.25) is 0 Å². The lowest BCUT2D eigenvalue weighted by molar-refractivity contribution is -0.385. The zero-order valence-corrected chi connectivity index (χ0v) is 8.97. The molecule has 0 fully saturated rings. The zero-order valence-electron chi connectivity index (χ0n) is 7.38. The third kappa shape index (κ3) is 2.63. The Bertz CT molecular complexity index is 442. The second-order valence-electron chi connectivity index (χ2n) is 2.62. The molecule has 6 heteroatoms. The summed E-state index contributed by atoms with van der Waals surface area (Å²) in [6, 6.07) is 2.37. The number of hydrogen-bond donors (Lipinski definition) is 1. The van der Waals surface area contributed by atoms with E-state index in [1.54, 1.807) is 0 Å². The predicted octanol–water partition coefficient (Wildman–Crippen LogP) is 2.28. The summed E-state index contributed by atoms with van der Waals surface area (Å²) in [6.07, 6.45) is 2.96. The van der Waals surface area contributed by atoms with Gasteiger partial charge in [-0.2, -0.15) is 0 Å². The number of allylic oxidation sites excluding steroid dienone is 1. The lowest BCUT2D eigenvalue weighted by atomic mass is 10.1. The fourth-order valence-electron chi connectivity index (χ4n) is 0.981. The van der Waals surface area contributed by atoms with Gasteiger partial charge in [0.25, 0.3) is 5.69 Å². The number of hydrogen-bond acceptors (Lipinski definition) is 4. The summed E-state index contributed by atoms with van der Waals surface area (Å²) in [7, 11) is 0. The van der Waals surface area contributed by atoms with Crippen molar-refractivity contribution >= 4 is 34.0 Å². The van der Waals surface area contributed by atoms with Crippen molar-refractivity contribution in [2.24, 2.45) is 0 Å². The molecule has 5 nitrogen and oxygen atoms in total. The third-order valence-electron chi connectivity index (χ3n) is 1.64. The van der Waals surface area contributed by atoms with E-state index in [1.165, 1.54) is 18.2 Å². The highest BCUT2D eigenvalue weighted by Gasteiger charge is 2.12. The van der Waals surface area contributed by atoms with Gasteiger partial charge in [-0.1, -0.05) is 0 Å². The van der Waals surface area contributed by atoms with Gasteiger partial charge < -0.3 is 5.11 Å². The largest absolute Gasteiger partial charge is 0.506 e. The van der Waals surface area contributed by atoms with Crippen LogP contribution in [0, 0.1) is 10.1 Å². The SMILES string of the molecule is O=C/C=C/c1cc([N+](=O)[O-])cc(Br)c1O. The summed E-state index contributed by atoms with van der Waals surface area (Å²) in [4.78, 5) is 20.0. The summed E-state index contributed by atoms with van der Waals surface area (Å²) in [5, 5.41) is 20.0.